The Hall–Kier alpha value is -1.90. The molecule has 0 radical (unpaired) electrons. The van der Waals surface area contributed by atoms with Crippen molar-refractivity contribution in [1.29, 1.82) is 5.26 Å². The number of nitriles is 1. The maximum Gasteiger partial charge on any atom is 0.249 e. The molecule has 2 rings (SSSR count). The molecule has 21 heavy (non-hydrogen) atoms. The molecule has 1 aliphatic carbocycles. The minimum atomic E-state index is -1.07. The average Bonchev–Trinajstić information content (AvgIpc) is 2.72. The van der Waals surface area contributed by atoms with Crippen molar-refractivity contribution >= 4 is 17.7 Å². The van der Waals surface area contributed by atoms with Gasteiger partial charge in [-0.15, -0.1) is 0 Å². The number of hydrogen-bond donors (Lipinski definition) is 1. The highest BCUT2D eigenvalue weighted by atomic mass is 16.2. The van der Waals surface area contributed by atoms with Gasteiger partial charge in [0.25, 0.3) is 0 Å². The first-order valence-electron chi connectivity index (χ1n) is 7.60. The lowest BCUT2D eigenvalue weighted by Crippen LogP contribution is -2.62. The zero-order chi connectivity index (χ0) is 15.5. The van der Waals surface area contributed by atoms with Crippen molar-refractivity contribution in [2.45, 2.75) is 57.9 Å². The predicted molar refractivity (Wildman–Crippen MR) is 74.7 cm³/mol. The summed E-state index contributed by atoms with van der Waals surface area (Å²) < 4.78 is 0. The molecule has 0 aromatic heterocycles. The Morgan fingerprint density at radius 3 is 2.48 bits per heavy atom. The van der Waals surface area contributed by atoms with Crippen LogP contribution in [0.3, 0.4) is 0 Å². The van der Waals surface area contributed by atoms with Crippen LogP contribution in [0.25, 0.3) is 0 Å². The van der Waals surface area contributed by atoms with Gasteiger partial charge in [-0.3, -0.25) is 19.7 Å². The molecule has 0 aromatic carbocycles. The lowest BCUT2D eigenvalue weighted by molar-refractivity contribution is -0.154. The first-order chi connectivity index (χ1) is 10.0. The Kier molecular flexibility index (Phi) is 4.61. The van der Waals surface area contributed by atoms with E-state index in [2.05, 4.69) is 11.4 Å². The minimum Gasteiger partial charge on any atom is -0.320 e. The number of nitrogens with one attached hydrogen (secondary N) is 1. The molecule has 114 valence electrons. The molecular formula is C15H21N3O3. The van der Waals surface area contributed by atoms with Gasteiger partial charge >= 0.3 is 0 Å². The summed E-state index contributed by atoms with van der Waals surface area (Å²) in [7, 11) is 0. The van der Waals surface area contributed by atoms with Crippen LogP contribution in [0.15, 0.2) is 0 Å². The fourth-order valence-electron chi connectivity index (χ4n) is 3.27. The van der Waals surface area contributed by atoms with Crippen molar-refractivity contribution in [3.05, 3.63) is 0 Å². The zero-order valence-electron chi connectivity index (χ0n) is 12.4. The zero-order valence-corrected chi connectivity index (χ0v) is 12.4. The standard InChI is InChI=1S/C15H21N3O3/c1-2-11-13(20)17-12(19)9-18(11)14(21)15(10-16)7-5-3-4-6-8-15/h11H,2-9H2,1H3,(H,17,19,20). The van der Waals surface area contributed by atoms with Gasteiger partial charge in [-0.05, 0) is 19.3 Å². The highest BCUT2D eigenvalue weighted by Gasteiger charge is 2.46. The third kappa shape index (κ3) is 2.92. The highest BCUT2D eigenvalue weighted by molar-refractivity contribution is 6.05. The van der Waals surface area contributed by atoms with E-state index in [1.165, 1.54) is 4.90 Å². The summed E-state index contributed by atoms with van der Waals surface area (Å²) in [5.74, 6) is -1.26. The summed E-state index contributed by atoms with van der Waals surface area (Å²) >= 11 is 0. The summed E-state index contributed by atoms with van der Waals surface area (Å²) in [5.41, 5.74) is -1.07. The quantitative estimate of drug-likeness (QED) is 0.609. The molecule has 1 N–H and O–H groups in total. The van der Waals surface area contributed by atoms with Gasteiger partial charge in [0.2, 0.25) is 17.7 Å². The van der Waals surface area contributed by atoms with Crippen molar-refractivity contribution in [2.75, 3.05) is 6.54 Å². The van der Waals surface area contributed by atoms with E-state index in [0.29, 0.717) is 19.3 Å². The molecule has 1 unspecified atom stereocenters. The monoisotopic (exact) mass is 291 g/mol. The second-order valence-electron chi connectivity index (χ2n) is 5.88. The summed E-state index contributed by atoms with van der Waals surface area (Å²) in [5, 5.41) is 11.8. The van der Waals surface area contributed by atoms with Crippen LogP contribution in [0, 0.1) is 16.7 Å². The minimum absolute atomic E-state index is 0.132. The number of hydrogen-bond acceptors (Lipinski definition) is 4. The van der Waals surface area contributed by atoms with Crippen molar-refractivity contribution in [3.8, 4) is 6.07 Å². The van der Waals surface area contributed by atoms with Crippen LogP contribution in [0.4, 0.5) is 0 Å². The highest BCUT2D eigenvalue weighted by Crippen LogP contribution is 2.37. The smallest absolute Gasteiger partial charge is 0.249 e. The van der Waals surface area contributed by atoms with Gasteiger partial charge in [0.15, 0.2) is 0 Å². The predicted octanol–water partition coefficient (Wildman–Crippen LogP) is 1.11. The first-order valence-corrected chi connectivity index (χ1v) is 7.60. The number of carbonyl (C=O) groups is 3. The molecule has 0 spiro atoms. The van der Waals surface area contributed by atoms with Crippen LogP contribution in [0.2, 0.25) is 0 Å². The van der Waals surface area contributed by atoms with Crippen LogP contribution in [0.1, 0.15) is 51.9 Å². The van der Waals surface area contributed by atoms with Crippen LogP contribution in [-0.2, 0) is 14.4 Å². The molecule has 2 aliphatic rings. The van der Waals surface area contributed by atoms with E-state index in [9.17, 15) is 19.6 Å². The molecule has 6 nitrogen and oxygen atoms in total. The van der Waals surface area contributed by atoms with Crippen LogP contribution in [-0.4, -0.2) is 35.2 Å². The fraction of sp³-hybridized carbons (Fsp3) is 0.733. The largest absolute Gasteiger partial charge is 0.320 e. The van der Waals surface area contributed by atoms with E-state index in [0.717, 1.165) is 25.7 Å². The molecule has 1 heterocycles. The van der Waals surface area contributed by atoms with E-state index >= 15 is 0 Å². The lowest BCUT2D eigenvalue weighted by atomic mass is 9.79. The third-order valence-corrected chi connectivity index (χ3v) is 4.48. The van der Waals surface area contributed by atoms with Gasteiger partial charge in [0.05, 0.1) is 6.07 Å². The Balaban J connectivity index is 2.28. The van der Waals surface area contributed by atoms with Gasteiger partial charge in [0, 0.05) is 0 Å². The molecule has 3 amide bonds. The molecule has 1 atom stereocenters. The van der Waals surface area contributed by atoms with Gasteiger partial charge in [0.1, 0.15) is 18.0 Å². The number of imide groups is 1. The maximum absolute atomic E-state index is 12.9. The van der Waals surface area contributed by atoms with E-state index < -0.39 is 23.3 Å². The van der Waals surface area contributed by atoms with E-state index in [-0.39, 0.29) is 12.5 Å². The SMILES string of the molecule is CCC1C(=O)NC(=O)CN1C(=O)C1(C#N)CCCCCC1. The van der Waals surface area contributed by atoms with Crippen LogP contribution < -0.4 is 5.32 Å². The molecule has 0 aromatic rings. The number of nitrogens with zero attached hydrogens (tertiary/aromatic N) is 2. The molecule has 1 saturated heterocycles. The van der Waals surface area contributed by atoms with Gasteiger partial charge in [-0.1, -0.05) is 32.6 Å². The van der Waals surface area contributed by atoms with Crippen molar-refractivity contribution in [2.24, 2.45) is 5.41 Å². The van der Waals surface area contributed by atoms with E-state index in [1.807, 2.05) is 0 Å². The van der Waals surface area contributed by atoms with Gasteiger partial charge < -0.3 is 4.90 Å². The number of carbonyl (C=O) groups excluding carboxylic acids is 3. The van der Waals surface area contributed by atoms with Crippen LogP contribution >= 0.6 is 0 Å². The van der Waals surface area contributed by atoms with Crippen molar-refractivity contribution in [3.63, 3.8) is 0 Å². The Morgan fingerprint density at radius 1 is 1.33 bits per heavy atom. The third-order valence-electron chi connectivity index (χ3n) is 4.48. The fourth-order valence-corrected chi connectivity index (χ4v) is 3.27. The second kappa shape index (κ2) is 6.25. The van der Waals surface area contributed by atoms with Gasteiger partial charge in [-0.25, -0.2) is 0 Å². The Labute approximate surface area is 124 Å². The summed E-state index contributed by atoms with van der Waals surface area (Å²) in [6.07, 6.45) is 5.19. The number of rotatable bonds is 2. The van der Waals surface area contributed by atoms with Crippen LogP contribution in [0.5, 0.6) is 0 Å². The summed E-state index contributed by atoms with van der Waals surface area (Å²) in [6, 6.07) is 1.55. The van der Waals surface area contributed by atoms with E-state index in [4.69, 9.17) is 0 Å². The Bertz CT molecular complexity index is 487. The molecule has 2 fully saturated rings. The average molecular weight is 291 g/mol. The number of amides is 3. The lowest BCUT2D eigenvalue weighted by Gasteiger charge is -2.38. The molecule has 0 bridgehead atoms. The molecule has 6 heteroatoms. The first kappa shape index (κ1) is 15.5. The molecular weight excluding hydrogens is 270 g/mol. The topological polar surface area (TPSA) is 90.3 Å². The van der Waals surface area contributed by atoms with Crippen molar-refractivity contribution < 1.29 is 14.4 Å². The normalized spacial score (nSPS) is 25.7. The molecule has 1 saturated carbocycles. The summed E-state index contributed by atoms with van der Waals surface area (Å²) in [4.78, 5) is 37.7. The van der Waals surface area contributed by atoms with Crippen molar-refractivity contribution in [1.82, 2.24) is 10.2 Å². The second-order valence-corrected chi connectivity index (χ2v) is 5.88. The summed E-state index contributed by atoms with van der Waals surface area (Å²) in [6.45, 7) is 1.67. The molecule has 1 aliphatic heterocycles. The van der Waals surface area contributed by atoms with Gasteiger partial charge in [-0.2, -0.15) is 5.26 Å². The maximum atomic E-state index is 12.9. The number of piperazine rings is 1. The Morgan fingerprint density at radius 2 is 1.95 bits per heavy atom. The van der Waals surface area contributed by atoms with E-state index in [1.54, 1.807) is 6.92 Å².